The number of hydrogen-bond acceptors (Lipinski definition) is 4. The van der Waals surface area contributed by atoms with E-state index in [1.807, 2.05) is 0 Å². The van der Waals surface area contributed by atoms with Gasteiger partial charge < -0.3 is 20.6 Å². The summed E-state index contributed by atoms with van der Waals surface area (Å²) in [6.07, 6.45) is 2.89. The van der Waals surface area contributed by atoms with Gasteiger partial charge in [-0.3, -0.25) is 0 Å². The molecule has 3 N–H and O–H groups in total. The summed E-state index contributed by atoms with van der Waals surface area (Å²) in [4.78, 5) is 2.23. The van der Waals surface area contributed by atoms with Crippen molar-refractivity contribution in [2.45, 2.75) is 33.1 Å². The van der Waals surface area contributed by atoms with Crippen LogP contribution in [0.2, 0.25) is 0 Å². The molecule has 0 fully saturated rings. The summed E-state index contributed by atoms with van der Waals surface area (Å²) in [5.74, 6) is 0.283. The largest absolute Gasteiger partial charge is 0.409 e. The minimum Gasteiger partial charge on any atom is -0.409 e. The number of hydrogen-bond donors (Lipinski definition) is 2. The number of nitrogens with zero attached hydrogens (tertiary/aromatic N) is 2. The van der Waals surface area contributed by atoms with Crippen LogP contribution in [0.25, 0.3) is 0 Å². The summed E-state index contributed by atoms with van der Waals surface area (Å²) in [6, 6.07) is 0. The predicted octanol–water partition coefficient (Wildman–Crippen LogP) is 1.26. The number of amidine groups is 1. The van der Waals surface area contributed by atoms with Crippen molar-refractivity contribution in [3.8, 4) is 0 Å². The molecule has 0 bridgehead atoms. The van der Waals surface area contributed by atoms with Crippen LogP contribution in [0, 0.1) is 0 Å². The number of nitrogens with two attached hydrogens (primary N) is 1. The average Bonchev–Trinajstić information content (AvgIpc) is 2.32. The Morgan fingerprint density at radius 1 is 1.31 bits per heavy atom. The Balaban J connectivity index is 3.51. The third-order valence-corrected chi connectivity index (χ3v) is 2.45. The molecular formula is C11H25N3O2. The lowest BCUT2D eigenvalue weighted by atomic mass is 10.3. The Morgan fingerprint density at radius 2 is 2.06 bits per heavy atom. The molecule has 0 rings (SSSR count). The van der Waals surface area contributed by atoms with E-state index in [0.29, 0.717) is 6.42 Å². The van der Waals surface area contributed by atoms with Gasteiger partial charge in [0, 0.05) is 26.1 Å². The number of unbranched alkanes of at least 4 members (excludes halogenated alkanes) is 1. The average molecular weight is 231 g/mol. The molecule has 0 heterocycles. The van der Waals surface area contributed by atoms with Crippen molar-refractivity contribution in [1.29, 1.82) is 0 Å². The fourth-order valence-corrected chi connectivity index (χ4v) is 1.29. The first kappa shape index (κ1) is 15.2. The van der Waals surface area contributed by atoms with Gasteiger partial charge in [-0.2, -0.15) is 0 Å². The van der Waals surface area contributed by atoms with Gasteiger partial charge in [-0.1, -0.05) is 25.4 Å². The van der Waals surface area contributed by atoms with E-state index in [1.54, 1.807) is 0 Å². The normalized spacial score (nSPS) is 12.3. The first-order valence-corrected chi connectivity index (χ1v) is 6.01. The maximum absolute atomic E-state index is 8.41. The highest BCUT2D eigenvalue weighted by Gasteiger charge is 2.03. The van der Waals surface area contributed by atoms with E-state index in [1.165, 1.54) is 6.42 Å². The van der Waals surface area contributed by atoms with E-state index in [0.717, 1.165) is 39.3 Å². The minimum atomic E-state index is 0.283. The Kier molecular flexibility index (Phi) is 10.2. The molecule has 0 unspecified atom stereocenters. The maximum atomic E-state index is 8.41. The van der Waals surface area contributed by atoms with Gasteiger partial charge in [-0.05, 0) is 13.0 Å². The minimum absolute atomic E-state index is 0.283. The predicted molar refractivity (Wildman–Crippen MR) is 65.9 cm³/mol. The molecule has 0 saturated heterocycles. The molecule has 0 aliphatic heterocycles. The highest BCUT2D eigenvalue weighted by molar-refractivity contribution is 5.79. The van der Waals surface area contributed by atoms with Crippen molar-refractivity contribution in [2.75, 3.05) is 32.8 Å². The molecule has 5 heteroatoms. The van der Waals surface area contributed by atoms with Gasteiger partial charge in [-0.25, -0.2) is 0 Å². The smallest absolute Gasteiger partial charge is 0.140 e. The molecule has 5 nitrogen and oxygen atoms in total. The molecule has 0 spiro atoms. The van der Waals surface area contributed by atoms with Gasteiger partial charge in [-0.15, -0.1) is 0 Å². The van der Waals surface area contributed by atoms with Crippen molar-refractivity contribution in [3.63, 3.8) is 0 Å². The fourth-order valence-electron chi connectivity index (χ4n) is 1.29. The highest BCUT2D eigenvalue weighted by Crippen LogP contribution is 1.93. The Labute approximate surface area is 98.2 Å². The van der Waals surface area contributed by atoms with Crippen LogP contribution in [0.5, 0.6) is 0 Å². The van der Waals surface area contributed by atoms with Gasteiger partial charge >= 0.3 is 0 Å². The quantitative estimate of drug-likeness (QED) is 0.195. The second-order valence-electron chi connectivity index (χ2n) is 3.74. The van der Waals surface area contributed by atoms with Gasteiger partial charge in [0.2, 0.25) is 0 Å². The van der Waals surface area contributed by atoms with Crippen LogP contribution in [0.4, 0.5) is 0 Å². The van der Waals surface area contributed by atoms with Crippen molar-refractivity contribution in [3.05, 3.63) is 0 Å². The van der Waals surface area contributed by atoms with Crippen LogP contribution in [-0.4, -0.2) is 48.8 Å². The first-order chi connectivity index (χ1) is 7.74. The summed E-state index contributed by atoms with van der Waals surface area (Å²) in [5.41, 5.74) is 5.41. The van der Waals surface area contributed by atoms with E-state index in [2.05, 4.69) is 23.9 Å². The number of likely N-dealkylation sites (N-methyl/N-ethyl adjacent to an activating group) is 1. The molecule has 0 atom stereocenters. The van der Waals surface area contributed by atoms with Crippen LogP contribution in [0.1, 0.15) is 33.1 Å². The van der Waals surface area contributed by atoms with Crippen molar-refractivity contribution < 1.29 is 9.94 Å². The lowest BCUT2D eigenvalue weighted by molar-refractivity contribution is 0.104. The van der Waals surface area contributed by atoms with Crippen LogP contribution in [-0.2, 0) is 4.74 Å². The topological polar surface area (TPSA) is 71.1 Å². The lowest BCUT2D eigenvalue weighted by Gasteiger charge is -2.19. The molecule has 0 aliphatic rings. The summed E-state index contributed by atoms with van der Waals surface area (Å²) in [5, 5.41) is 11.4. The Hall–Kier alpha value is -0.810. The molecule has 0 amide bonds. The zero-order chi connectivity index (χ0) is 12.2. The molecule has 0 aromatic carbocycles. The standard InChI is InChI=1S/C11H25N3O2/c1-3-5-9-16-10-8-14(4-2)7-6-11(12)13-15/h15H,3-10H2,1-2H3,(H2,12,13). The summed E-state index contributed by atoms with van der Waals surface area (Å²) in [7, 11) is 0. The second kappa shape index (κ2) is 10.7. The first-order valence-electron chi connectivity index (χ1n) is 6.01. The highest BCUT2D eigenvalue weighted by atomic mass is 16.5. The zero-order valence-electron chi connectivity index (χ0n) is 10.5. The monoisotopic (exact) mass is 231 g/mol. The van der Waals surface area contributed by atoms with E-state index in [4.69, 9.17) is 15.7 Å². The van der Waals surface area contributed by atoms with Crippen LogP contribution < -0.4 is 5.73 Å². The third kappa shape index (κ3) is 8.49. The van der Waals surface area contributed by atoms with Gasteiger partial charge in [0.15, 0.2) is 0 Å². The molecule has 0 saturated carbocycles. The van der Waals surface area contributed by atoms with E-state index >= 15 is 0 Å². The molecular weight excluding hydrogens is 206 g/mol. The van der Waals surface area contributed by atoms with E-state index in [-0.39, 0.29) is 5.84 Å². The van der Waals surface area contributed by atoms with Crippen LogP contribution in [0.15, 0.2) is 5.16 Å². The maximum Gasteiger partial charge on any atom is 0.140 e. The summed E-state index contributed by atoms with van der Waals surface area (Å²) in [6.45, 7) is 8.51. The van der Waals surface area contributed by atoms with E-state index in [9.17, 15) is 0 Å². The van der Waals surface area contributed by atoms with Crippen molar-refractivity contribution >= 4 is 5.84 Å². The van der Waals surface area contributed by atoms with Crippen molar-refractivity contribution in [2.24, 2.45) is 10.9 Å². The number of rotatable bonds is 10. The molecule has 96 valence electrons. The van der Waals surface area contributed by atoms with Crippen molar-refractivity contribution in [1.82, 2.24) is 4.90 Å². The third-order valence-electron chi connectivity index (χ3n) is 2.45. The molecule has 0 aromatic rings. The van der Waals surface area contributed by atoms with Gasteiger partial charge in [0.05, 0.1) is 6.61 Å². The molecule has 0 aliphatic carbocycles. The lowest BCUT2D eigenvalue weighted by Crippen LogP contribution is -2.31. The van der Waals surface area contributed by atoms with Gasteiger partial charge in [0.1, 0.15) is 5.84 Å². The molecule has 0 aromatic heterocycles. The molecule has 16 heavy (non-hydrogen) atoms. The SMILES string of the molecule is CCCCOCCN(CC)CCC(N)=NO. The van der Waals surface area contributed by atoms with Gasteiger partial charge in [0.25, 0.3) is 0 Å². The summed E-state index contributed by atoms with van der Waals surface area (Å²) >= 11 is 0. The zero-order valence-corrected chi connectivity index (χ0v) is 10.5. The number of oxime groups is 1. The fraction of sp³-hybridized carbons (Fsp3) is 0.909. The van der Waals surface area contributed by atoms with Crippen LogP contribution >= 0.6 is 0 Å². The van der Waals surface area contributed by atoms with E-state index < -0.39 is 0 Å². The number of ether oxygens (including phenoxy) is 1. The Morgan fingerprint density at radius 3 is 2.62 bits per heavy atom. The second-order valence-corrected chi connectivity index (χ2v) is 3.74. The van der Waals surface area contributed by atoms with Crippen LogP contribution in [0.3, 0.4) is 0 Å². The molecule has 0 radical (unpaired) electrons. The summed E-state index contributed by atoms with van der Waals surface area (Å²) < 4.78 is 5.49. The Bertz CT molecular complexity index is 186.